The van der Waals surface area contributed by atoms with Gasteiger partial charge in [-0.2, -0.15) is 4.31 Å². The number of piperidine rings is 1. The van der Waals surface area contributed by atoms with Gasteiger partial charge in [0.05, 0.1) is 10.9 Å². The maximum atomic E-state index is 13.4. The molecule has 3 unspecified atom stereocenters. The van der Waals surface area contributed by atoms with Gasteiger partial charge in [0.15, 0.2) is 0 Å². The SMILES string of the molecule is CC1CC(C)CN(C(=O)C(C)N2CCN(S(=O)(=O)c3cccc(F)c3)CC2)C1. The number of piperazine rings is 1. The molecule has 28 heavy (non-hydrogen) atoms. The van der Waals surface area contributed by atoms with E-state index in [-0.39, 0.29) is 16.8 Å². The first kappa shape index (κ1) is 21.2. The van der Waals surface area contributed by atoms with E-state index >= 15 is 0 Å². The van der Waals surface area contributed by atoms with E-state index in [1.54, 1.807) is 0 Å². The third-order valence-electron chi connectivity index (χ3n) is 5.79. The normalized spacial score (nSPS) is 26.2. The van der Waals surface area contributed by atoms with Crippen LogP contribution in [-0.2, 0) is 14.8 Å². The Morgan fingerprint density at radius 3 is 2.29 bits per heavy atom. The lowest BCUT2D eigenvalue weighted by atomic mass is 9.91. The highest BCUT2D eigenvalue weighted by atomic mass is 32.2. The summed E-state index contributed by atoms with van der Waals surface area (Å²) in [5, 5.41) is 0. The minimum atomic E-state index is -3.72. The van der Waals surface area contributed by atoms with Crippen molar-refractivity contribution >= 4 is 15.9 Å². The van der Waals surface area contributed by atoms with Crippen molar-refractivity contribution in [1.29, 1.82) is 0 Å². The number of rotatable bonds is 4. The molecule has 0 bridgehead atoms. The van der Waals surface area contributed by atoms with Crippen LogP contribution in [0.2, 0.25) is 0 Å². The van der Waals surface area contributed by atoms with Gasteiger partial charge in [0.1, 0.15) is 5.82 Å². The van der Waals surface area contributed by atoms with Gasteiger partial charge in [0, 0.05) is 39.3 Å². The maximum absolute atomic E-state index is 13.4. The van der Waals surface area contributed by atoms with Crippen LogP contribution in [-0.4, -0.2) is 73.7 Å². The van der Waals surface area contributed by atoms with Gasteiger partial charge in [0.2, 0.25) is 15.9 Å². The molecule has 8 heteroatoms. The molecule has 1 amide bonds. The van der Waals surface area contributed by atoms with Crippen molar-refractivity contribution < 1.29 is 17.6 Å². The lowest BCUT2D eigenvalue weighted by Crippen LogP contribution is -2.56. The van der Waals surface area contributed by atoms with Crippen molar-refractivity contribution in [3.63, 3.8) is 0 Å². The van der Waals surface area contributed by atoms with Crippen LogP contribution in [0.25, 0.3) is 0 Å². The van der Waals surface area contributed by atoms with E-state index < -0.39 is 15.8 Å². The first-order valence-corrected chi connectivity index (χ1v) is 11.4. The molecule has 2 heterocycles. The molecule has 156 valence electrons. The molecule has 2 fully saturated rings. The molecule has 2 saturated heterocycles. The van der Waals surface area contributed by atoms with E-state index in [0.29, 0.717) is 38.0 Å². The third-order valence-corrected chi connectivity index (χ3v) is 7.69. The minimum absolute atomic E-state index is 0.0265. The third kappa shape index (κ3) is 4.55. The Hall–Kier alpha value is -1.51. The summed E-state index contributed by atoms with van der Waals surface area (Å²) in [7, 11) is -3.72. The van der Waals surface area contributed by atoms with E-state index in [0.717, 1.165) is 25.6 Å². The van der Waals surface area contributed by atoms with E-state index in [4.69, 9.17) is 0 Å². The van der Waals surface area contributed by atoms with Gasteiger partial charge in [0.25, 0.3) is 0 Å². The molecule has 0 aliphatic carbocycles. The number of hydrogen-bond acceptors (Lipinski definition) is 4. The highest BCUT2D eigenvalue weighted by Gasteiger charge is 2.35. The van der Waals surface area contributed by atoms with Crippen molar-refractivity contribution in [2.75, 3.05) is 39.3 Å². The summed E-state index contributed by atoms with van der Waals surface area (Å²) in [5.74, 6) is 0.574. The molecular weight excluding hydrogens is 381 g/mol. The summed E-state index contributed by atoms with van der Waals surface area (Å²) >= 11 is 0. The van der Waals surface area contributed by atoms with E-state index in [9.17, 15) is 17.6 Å². The molecule has 0 radical (unpaired) electrons. The molecule has 0 N–H and O–H groups in total. The molecule has 3 atom stereocenters. The van der Waals surface area contributed by atoms with Crippen molar-refractivity contribution in [3.8, 4) is 0 Å². The Balaban J connectivity index is 1.61. The number of amides is 1. The summed E-state index contributed by atoms with van der Waals surface area (Å²) in [6.45, 7) is 9.41. The number of likely N-dealkylation sites (tertiary alicyclic amines) is 1. The number of halogens is 1. The Morgan fingerprint density at radius 1 is 1.11 bits per heavy atom. The lowest BCUT2D eigenvalue weighted by molar-refractivity contribution is -0.139. The summed E-state index contributed by atoms with van der Waals surface area (Å²) in [6.07, 6.45) is 1.15. The Bertz CT molecular complexity index is 799. The highest BCUT2D eigenvalue weighted by molar-refractivity contribution is 7.89. The second-order valence-corrected chi connectivity index (χ2v) is 10.2. The van der Waals surface area contributed by atoms with Crippen molar-refractivity contribution in [2.24, 2.45) is 11.8 Å². The second-order valence-electron chi connectivity index (χ2n) is 8.26. The molecule has 0 aromatic heterocycles. The van der Waals surface area contributed by atoms with Gasteiger partial charge >= 0.3 is 0 Å². The topological polar surface area (TPSA) is 60.9 Å². The van der Waals surface area contributed by atoms with Crippen LogP contribution in [0, 0.1) is 17.7 Å². The summed E-state index contributed by atoms with van der Waals surface area (Å²) in [5.41, 5.74) is 0. The van der Waals surface area contributed by atoms with Crippen molar-refractivity contribution in [1.82, 2.24) is 14.1 Å². The van der Waals surface area contributed by atoms with Gasteiger partial charge in [-0.1, -0.05) is 19.9 Å². The molecule has 1 aromatic carbocycles. The van der Waals surface area contributed by atoms with Crippen LogP contribution in [0.1, 0.15) is 27.2 Å². The Labute approximate surface area is 167 Å². The minimum Gasteiger partial charge on any atom is -0.341 e. The van der Waals surface area contributed by atoms with Crippen LogP contribution in [0.15, 0.2) is 29.2 Å². The van der Waals surface area contributed by atoms with Crippen LogP contribution in [0.5, 0.6) is 0 Å². The summed E-state index contributed by atoms with van der Waals surface area (Å²) in [4.78, 5) is 16.9. The quantitative estimate of drug-likeness (QED) is 0.761. The van der Waals surface area contributed by atoms with Gasteiger partial charge in [-0.25, -0.2) is 12.8 Å². The first-order valence-electron chi connectivity index (χ1n) is 9.97. The summed E-state index contributed by atoms with van der Waals surface area (Å²) in [6, 6.07) is 4.82. The standard InChI is InChI=1S/C20H30FN3O3S/c1-15-11-16(2)14-23(13-15)20(25)17(3)22-7-9-24(10-8-22)28(26,27)19-6-4-5-18(21)12-19/h4-6,12,15-17H,7-11,13-14H2,1-3H3. The predicted molar refractivity (Wildman–Crippen MR) is 106 cm³/mol. The fraction of sp³-hybridized carbons (Fsp3) is 0.650. The van der Waals surface area contributed by atoms with Gasteiger partial charge < -0.3 is 4.90 Å². The summed E-state index contributed by atoms with van der Waals surface area (Å²) < 4.78 is 40.3. The average Bonchev–Trinajstić information content (AvgIpc) is 2.66. The largest absolute Gasteiger partial charge is 0.341 e. The highest BCUT2D eigenvalue weighted by Crippen LogP contribution is 2.23. The number of nitrogens with zero attached hydrogens (tertiary/aromatic N) is 3. The van der Waals surface area contributed by atoms with Crippen LogP contribution in [0.3, 0.4) is 0 Å². The smallest absolute Gasteiger partial charge is 0.243 e. The first-order chi connectivity index (χ1) is 13.2. The molecule has 3 rings (SSSR count). The van der Waals surface area contributed by atoms with Crippen molar-refractivity contribution in [3.05, 3.63) is 30.1 Å². The Morgan fingerprint density at radius 2 is 1.71 bits per heavy atom. The predicted octanol–water partition coefficient (Wildman–Crippen LogP) is 2.02. The van der Waals surface area contributed by atoms with Crippen molar-refractivity contribution in [2.45, 2.75) is 38.1 Å². The molecule has 2 aliphatic rings. The van der Waals surface area contributed by atoms with Crippen LogP contribution in [0.4, 0.5) is 4.39 Å². The van der Waals surface area contributed by atoms with Gasteiger partial charge in [-0.3, -0.25) is 9.69 Å². The van der Waals surface area contributed by atoms with E-state index in [2.05, 4.69) is 13.8 Å². The van der Waals surface area contributed by atoms with E-state index in [1.807, 2.05) is 16.7 Å². The zero-order valence-corrected chi connectivity index (χ0v) is 17.7. The number of carbonyl (C=O) groups is 1. The van der Waals surface area contributed by atoms with E-state index in [1.165, 1.54) is 22.5 Å². The maximum Gasteiger partial charge on any atom is 0.243 e. The molecule has 2 aliphatic heterocycles. The molecule has 1 aromatic rings. The Kier molecular flexibility index (Phi) is 6.41. The van der Waals surface area contributed by atoms with Gasteiger partial charge in [-0.05, 0) is 43.4 Å². The number of carbonyl (C=O) groups excluding carboxylic acids is 1. The molecule has 0 saturated carbocycles. The zero-order valence-electron chi connectivity index (χ0n) is 16.8. The van der Waals surface area contributed by atoms with Crippen LogP contribution < -0.4 is 0 Å². The molecule has 6 nitrogen and oxygen atoms in total. The molecule has 0 spiro atoms. The average molecular weight is 412 g/mol. The molecular formula is C20H30FN3O3S. The number of sulfonamides is 1. The number of benzene rings is 1. The number of hydrogen-bond donors (Lipinski definition) is 0. The monoisotopic (exact) mass is 411 g/mol. The zero-order chi connectivity index (χ0) is 20.5. The lowest BCUT2D eigenvalue weighted by Gasteiger charge is -2.41. The van der Waals surface area contributed by atoms with Gasteiger partial charge in [-0.15, -0.1) is 0 Å². The second kappa shape index (κ2) is 8.47. The fourth-order valence-electron chi connectivity index (χ4n) is 4.37. The fourth-order valence-corrected chi connectivity index (χ4v) is 5.83. The van der Waals surface area contributed by atoms with Crippen LogP contribution >= 0.6 is 0 Å².